The third kappa shape index (κ3) is 6.84. The fourth-order valence-electron chi connectivity index (χ4n) is 1.59. The Morgan fingerprint density at radius 1 is 1.35 bits per heavy atom. The summed E-state index contributed by atoms with van der Waals surface area (Å²) in [6, 6.07) is 6.09. The number of benzene rings is 1. The molecule has 0 aliphatic carbocycles. The Hall–Kier alpha value is -1.95. The highest BCUT2D eigenvalue weighted by atomic mass is 16.5. The van der Waals surface area contributed by atoms with E-state index in [1.807, 2.05) is 14.1 Å². The van der Waals surface area contributed by atoms with Crippen molar-refractivity contribution < 1.29 is 14.6 Å². The van der Waals surface area contributed by atoms with Crippen LogP contribution >= 0.6 is 0 Å². The molecular weight excluding hydrogens is 258 g/mol. The molecule has 1 rings (SSSR count). The van der Waals surface area contributed by atoms with E-state index in [-0.39, 0.29) is 11.8 Å². The van der Waals surface area contributed by atoms with Crippen LogP contribution in [-0.2, 0) is 0 Å². The summed E-state index contributed by atoms with van der Waals surface area (Å²) in [5, 5.41) is 14.6. The lowest BCUT2D eigenvalue weighted by atomic mass is 10.3. The van der Waals surface area contributed by atoms with Gasteiger partial charge >= 0.3 is 6.03 Å². The van der Waals surface area contributed by atoms with Crippen molar-refractivity contribution in [3.63, 3.8) is 0 Å². The fraction of sp³-hybridized carbons (Fsp3) is 0.500. The average molecular weight is 281 g/mol. The molecule has 6 heteroatoms. The minimum absolute atomic E-state index is 0.177. The van der Waals surface area contributed by atoms with Crippen LogP contribution in [0.1, 0.15) is 13.3 Å². The molecule has 0 saturated carbocycles. The number of urea groups is 1. The topological polar surface area (TPSA) is 73.8 Å². The molecule has 2 amide bonds. The molecule has 1 unspecified atom stereocenters. The lowest BCUT2D eigenvalue weighted by molar-refractivity contribution is 0.177. The van der Waals surface area contributed by atoms with Crippen LogP contribution < -0.4 is 15.4 Å². The molecule has 1 aromatic rings. The van der Waals surface area contributed by atoms with Gasteiger partial charge < -0.3 is 25.4 Å². The number of rotatable bonds is 7. The van der Waals surface area contributed by atoms with Crippen molar-refractivity contribution in [2.24, 2.45) is 0 Å². The smallest absolute Gasteiger partial charge is 0.317 e. The zero-order valence-electron chi connectivity index (χ0n) is 12.2. The van der Waals surface area contributed by atoms with Gasteiger partial charge in [-0.2, -0.15) is 0 Å². The summed E-state index contributed by atoms with van der Waals surface area (Å²) in [5.74, 6) is 0.764. The maximum absolute atomic E-state index is 11.6. The number of aromatic hydroxyl groups is 1. The number of nitrogens with zero attached hydrogens (tertiary/aromatic N) is 1. The lowest BCUT2D eigenvalue weighted by Gasteiger charge is -2.17. The molecule has 0 aliphatic rings. The second-order valence-corrected chi connectivity index (χ2v) is 4.81. The van der Waals surface area contributed by atoms with Crippen molar-refractivity contribution in [1.82, 2.24) is 15.5 Å². The molecule has 112 valence electrons. The first-order chi connectivity index (χ1) is 9.47. The van der Waals surface area contributed by atoms with Gasteiger partial charge in [0.2, 0.25) is 0 Å². The second-order valence-electron chi connectivity index (χ2n) is 4.81. The average Bonchev–Trinajstić information content (AvgIpc) is 2.37. The molecule has 0 bridgehead atoms. The molecule has 20 heavy (non-hydrogen) atoms. The Morgan fingerprint density at radius 3 is 2.60 bits per heavy atom. The zero-order chi connectivity index (χ0) is 15.0. The number of amides is 2. The van der Waals surface area contributed by atoms with Crippen LogP contribution in [0.4, 0.5) is 4.79 Å². The van der Waals surface area contributed by atoms with Gasteiger partial charge in [-0.05, 0) is 58.3 Å². The molecule has 0 heterocycles. The zero-order valence-corrected chi connectivity index (χ0v) is 12.2. The van der Waals surface area contributed by atoms with Gasteiger partial charge in [-0.3, -0.25) is 0 Å². The number of nitrogens with one attached hydrogen (secondary N) is 2. The minimum Gasteiger partial charge on any atom is -0.508 e. The van der Waals surface area contributed by atoms with Gasteiger partial charge in [-0.25, -0.2) is 4.79 Å². The second kappa shape index (κ2) is 8.27. The van der Waals surface area contributed by atoms with E-state index in [0.717, 1.165) is 13.0 Å². The van der Waals surface area contributed by atoms with Crippen LogP contribution in [-0.4, -0.2) is 49.5 Å². The normalized spacial score (nSPS) is 12.0. The summed E-state index contributed by atoms with van der Waals surface area (Å²) < 4.78 is 5.49. The SMILES string of the molecule is CC(NC(=O)NCCCN(C)C)Oc1ccc(O)cc1. The van der Waals surface area contributed by atoms with Crippen molar-refractivity contribution >= 4 is 6.03 Å². The van der Waals surface area contributed by atoms with Crippen molar-refractivity contribution in [3.8, 4) is 11.5 Å². The van der Waals surface area contributed by atoms with Gasteiger partial charge in [0.25, 0.3) is 0 Å². The molecule has 0 saturated heterocycles. The summed E-state index contributed by atoms with van der Waals surface area (Å²) in [6.07, 6.45) is 0.446. The summed E-state index contributed by atoms with van der Waals surface area (Å²) in [5.41, 5.74) is 0. The quantitative estimate of drug-likeness (QED) is 0.521. The summed E-state index contributed by atoms with van der Waals surface area (Å²) in [7, 11) is 3.99. The third-order valence-electron chi connectivity index (χ3n) is 2.55. The highest BCUT2D eigenvalue weighted by molar-refractivity contribution is 5.73. The highest BCUT2D eigenvalue weighted by Gasteiger charge is 2.07. The molecule has 0 aromatic heterocycles. The van der Waals surface area contributed by atoms with Crippen LogP contribution in [0, 0.1) is 0 Å². The monoisotopic (exact) mass is 281 g/mol. The Labute approximate surface area is 119 Å². The van der Waals surface area contributed by atoms with Crippen LogP contribution in [0.5, 0.6) is 11.5 Å². The maximum Gasteiger partial charge on any atom is 0.317 e. The van der Waals surface area contributed by atoms with Gasteiger partial charge in [0.05, 0.1) is 0 Å². The van der Waals surface area contributed by atoms with Gasteiger partial charge in [-0.15, -0.1) is 0 Å². The van der Waals surface area contributed by atoms with E-state index in [4.69, 9.17) is 9.84 Å². The largest absolute Gasteiger partial charge is 0.508 e. The molecule has 6 nitrogen and oxygen atoms in total. The van der Waals surface area contributed by atoms with Crippen molar-refractivity contribution in [2.75, 3.05) is 27.2 Å². The first-order valence-corrected chi connectivity index (χ1v) is 6.62. The number of phenols is 1. The number of hydrogen-bond donors (Lipinski definition) is 3. The molecule has 1 atom stereocenters. The van der Waals surface area contributed by atoms with Gasteiger partial charge in [0.15, 0.2) is 6.23 Å². The predicted molar refractivity (Wildman–Crippen MR) is 77.9 cm³/mol. The van der Waals surface area contributed by atoms with Gasteiger partial charge in [-0.1, -0.05) is 0 Å². The lowest BCUT2D eigenvalue weighted by Crippen LogP contribution is -2.43. The highest BCUT2D eigenvalue weighted by Crippen LogP contribution is 2.16. The molecule has 3 N–H and O–H groups in total. The third-order valence-corrected chi connectivity index (χ3v) is 2.55. The first kappa shape index (κ1) is 16.1. The van der Waals surface area contributed by atoms with E-state index in [9.17, 15) is 4.79 Å². The van der Waals surface area contributed by atoms with E-state index < -0.39 is 6.23 Å². The molecule has 0 spiro atoms. The van der Waals surface area contributed by atoms with Gasteiger partial charge in [0.1, 0.15) is 11.5 Å². The molecule has 0 radical (unpaired) electrons. The predicted octanol–water partition coefficient (Wildman–Crippen LogP) is 1.37. The number of carbonyl (C=O) groups excluding carboxylic acids is 1. The van der Waals surface area contributed by atoms with Crippen molar-refractivity contribution in [3.05, 3.63) is 24.3 Å². The Bertz CT molecular complexity index is 407. The minimum atomic E-state index is -0.451. The van der Waals surface area contributed by atoms with Crippen LogP contribution in [0.3, 0.4) is 0 Å². The molecular formula is C14H23N3O3. The fourth-order valence-corrected chi connectivity index (χ4v) is 1.59. The van der Waals surface area contributed by atoms with E-state index >= 15 is 0 Å². The van der Waals surface area contributed by atoms with Crippen LogP contribution in [0.2, 0.25) is 0 Å². The standard InChI is InChI=1S/C14H23N3O3/c1-11(20-13-7-5-12(18)6-8-13)16-14(19)15-9-4-10-17(2)3/h5-8,11,18H,4,9-10H2,1-3H3,(H2,15,16,19). The summed E-state index contributed by atoms with van der Waals surface area (Å²) in [6.45, 7) is 3.29. The van der Waals surface area contributed by atoms with E-state index in [1.165, 1.54) is 12.1 Å². The number of phenolic OH excluding ortho intramolecular Hbond substituents is 1. The van der Waals surface area contributed by atoms with Gasteiger partial charge in [0, 0.05) is 6.54 Å². The van der Waals surface area contributed by atoms with Crippen molar-refractivity contribution in [1.29, 1.82) is 0 Å². The Morgan fingerprint density at radius 2 is 2.00 bits per heavy atom. The van der Waals surface area contributed by atoms with E-state index in [2.05, 4.69) is 15.5 Å². The Kier molecular flexibility index (Phi) is 6.66. The molecule has 0 aliphatic heterocycles. The molecule has 0 fully saturated rings. The maximum atomic E-state index is 11.6. The summed E-state index contributed by atoms with van der Waals surface area (Å²) in [4.78, 5) is 13.7. The van der Waals surface area contributed by atoms with E-state index in [1.54, 1.807) is 19.1 Å². The van der Waals surface area contributed by atoms with Crippen LogP contribution in [0.25, 0.3) is 0 Å². The van der Waals surface area contributed by atoms with Crippen LogP contribution in [0.15, 0.2) is 24.3 Å². The molecule has 1 aromatic carbocycles. The summed E-state index contributed by atoms with van der Waals surface area (Å²) >= 11 is 0. The number of hydrogen-bond acceptors (Lipinski definition) is 4. The number of ether oxygens (including phenoxy) is 1. The Balaban J connectivity index is 2.22. The van der Waals surface area contributed by atoms with Crippen molar-refractivity contribution in [2.45, 2.75) is 19.6 Å². The van der Waals surface area contributed by atoms with E-state index in [0.29, 0.717) is 12.3 Å². The number of carbonyl (C=O) groups is 1. The first-order valence-electron chi connectivity index (χ1n) is 6.62.